The van der Waals surface area contributed by atoms with Crippen molar-refractivity contribution in [2.45, 2.75) is 0 Å². The largest absolute Gasteiger partial charge is 0.494 e. The maximum atomic E-state index is 12.3. The van der Waals surface area contributed by atoms with Crippen molar-refractivity contribution >= 4 is 50.9 Å². The second-order valence-electron chi connectivity index (χ2n) is 4.93. The Morgan fingerprint density at radius 2 is 1.60 bits per heavy atom. The lowest BCUT2D eigenvalue weighted by Gasteiger charge is -2.12. The van der Waals surface area contributed by atoms with Crippen LogP contribution in [0.4, 0.5) is 0 Å². The highest BCUT2D eigenvalue weighted by molar-refractivity contribution is 9.10. The summed E-state index contributed by atoms with van der Waals surface area (Å²) in [6, 6.07) is 10.2. The summed E-state index contributed by atoms with van der Waals surface area (Å²) in [4.78, 5) is 24.4. The topological polar surface area (TPSA) is 67.4 Å². The number of carbonyl (C=O) groups excluding carboxylic acids is 2. The molecule has 0 fully saturated rings. The van der Waals surface area contributed by atoms with Gasteiger partial charge in [0.05, 0.1) is 22.7 Å². The van der Waals surface area contributed by atoms with Gasteiger partial charge in [0.1, 0.15) is 5.56 Å². The Balaban J connectivity index is 1.93. The quantitative estimate of drug-likeness (QED) is 0.662. The van der Waals surface area contributed by atoms with E-state index < -0.39 is 5.91 Å². The maximum absolute atomic E-state index is 12.3. The lowest BCUT2D eigenvalue weighted by atomic mass is 10.2. The highest BCUT2D eigenvalue weighted by Crippen LogP contribution is 2.33. The van der Waals surface area contributed by atoms with Crippen molar-refractivity contribution in [2.75, 3.05) is 20.2 Å². The number of carbonyl (C=O) groups is 2. The first-order chi connectivity index (χ1) is 12.0. The Hall–Kier alpha value is -1.76. The predicted octanol–water partition coefficient (Wildman–Crippen LogP) is 3.92. The molecule has 0 atom stereocenters. The van der Waals surface area contributed by atoms with Gasteiger partial charge in [-0.15, -0.1) is 0 Å². The van der Waals surface area contributed by atoms with Crippen LogP contribution in [0.1, 0.15) is 20.7 Å². The molecule has 2 aromatic rings. The average Bonchev–Trinajstić information content (AvgIpc) is 2.60. The van der Waals surface area contributed by atoms with Crippen molar-refractivity contribution in [2.24, 2.45) is 0 Å². The molecule has 2 rings (SSSR count). The molecule has 2 N–H and O–H groups in total. The molecule has 0 saturated carbocycles. The van der Waals surface area contributed by atoms with E-state index in [1.165, 1.54) is 13.2 Å². The molecule has 0 saturated heterocycles. The smallest absolute Gasteiger partial charge is 0.256 e. The molecule has 0 heterocycles. The standard InChI is InChI=1S/C17H15BrCl2N2O3/c1-25-15-13(20)7-6-12(19)14(15)17(24)22-9-8-21-16(23)10-4-2-3-5-11(10)18/h2-7H,8-9H2,1H3,(H,21,23)(H,22,24). The molecule has 0 aromatic heterocycles. The number of hydrogen-bond donors (Lipinski definition) is 2. The fourth-order valence-corrected chi connectivity index (χ4v) is 3.06. The van der Waals surface area contributed by atoms with Crippen molar-refractivity contribution in [3.63, 3.8) is 0 Å². The normalized spacial score (nSPS) is 10.2. The number of halogens is 3. The van der Waals surface area contributed by atoms with E-state index in [0.29, 0.717) is 15.1 Å². The molecule has 0 radical (unpaired) electrons. The molecular formula is C17H15BrCl2N2O3. The molecule has 0 aliphatic carbocycles. The van der Waals surface area contributed by atoms with Gasteiger partial charge in [0.25, 0.3) is 11.8 Å². The van der Waals surface area contributed by atoms with Crippen LogP contribution < -0.4 is 15.4 Å². The van der Waals surface area contributed by atoms with Crippen LogP contribution in [0.5, 0.6) is 5.75 Å². The fourth-order valence-electron chi connectivity index (χ4n) is 2.13. The van der Waals surface area contributed by atoms with Gasteiger partial charge in [-0.05, 0) is 40.2 Å². The first-order valence-corrected chi connectivity index (χ1v) is 8.83. The van der Waals surface area contributed by atoms with Gasteiger partial charge in [0.15, 0.2) is 5.75 Å². The molecule has 0 unspecified atom stereocenters. The zero-order chi connectivity index (χ0) is 18.4. The van der Waals surface area contributed by atoms with Crippen LogP contribution in [0.25, 0.3) is 0 Å². The Labute approximate surface area is 163 Å². The molecule has 0 bridgehead atoms. The minimum atomic E-state index is -0.431. The maximum Gasteiger partial charge on any atom is 0.256 e. The van der Waals surface area contributed by atoms with E-state index in [0.717, 1.165) is 0 Å². The highest BCUT2D eigenvalue weighted by Gasteiger charge is 2.19. The molecule has 2 aromatic carbocycles. The lowest BCUT2D eigenvalue weighted by Crippen LogP contribution is -2.35. The highest BCUT2D eigenvalue weighted by atomic mass is 79.9. The van der Waals surface area contributed by atoms with Crippen LogP contribution in [-0.2, 0) is 0 Å². The molecule has 0 aliphatic rings. The van der Waals surface area contributed by atoms with Gasteiger partial charge in [-0.2, -0.15) is 0 Å². The number of ether oxygens (including phenoxy) is 1. The van der Waals surface area contributed by atoms with E-state index in [1.807, 2.05) is 6.07 Å². The average molecular weight is 446 g/mol. The van der Waals surface area contributed by atoms with Crippen LogP contribution in [0.3, 0.4) is 0 Å². The van der Waals surface area contributed by atoms with Crippen molar-refractivity contribution in [1.29, 1.82) is 0 Å². The second-order valence-corrected chi connectivity index (χ2v) is 6.60. The van der Waals surface area contributed by atoms with Gasteiger partial charge in [0.2, 0.25) is 0 Å². The second kappa shape index (κ2) is 9.08. The zero-order valence-corrected chi connectivity index (χ0v) is 16.3. The van der Waals surface area contributed by atoms with E-state index in [4.69, 9.17) is 27.9 Å². The Morgan fingerprint density at radius 1 is 1.00 bits per heavy atom. The number of benzene rings is 2. The summed E-state index contributed by atoms with van der Waals surface area (Å²) in [5.74, 6) is -0.455. The molecule has 132 valence electrons. The molecule has 25 heavy (non-hydrogen) atoms. The molecule has 0 aliphatic heterocycles. The Bertz CT molecular complexity index is 799. The van der Waals surface area contributed by atoms with Crippen LogP contribution >= 0.6 is 39.1 Å². The monoisotopic (exact) mass is 444 g/mol. The number of nitrogens with one attached hydrogen (secondary N) is 2. The Kier molecular flexibility index (Phi) is 7.11. The summed E-state index contributed by atoms with van der Waals surface area (Å²) in [6.45, 7) is 0.480. The van der Waals surface area contributed by atoms with Gasteiger partial charge in [-0.3, -0.25) is 9.59 Å². The van der Waals surface area contributed by atoms with Crippen molar-refractivity contribution in [1.82, 2.24) is 10.6 Å². The van der Waals surface area contributed by atoms with Crippen LogP contribution in [-0.4, -0.2) is 32.0 Å². The van der Waals surface area contributed by atoms with Crippen molar-refractivity contribution < 1.29 is 14.3 Å². The Morgan fingerprint density at radius 3 is 2.24 bits per heavy atom. The van der Waals surface area contributed by atoms with E-state index in [9.17, 15) is 9.59 Å². The first kappa shape index (κ1) is 19.6. The number of amides is 2. The summed E-state index contributed by atoms with van der Waals surface area (Å²) < 4.78 is 5.84. The lowest BCUT2D eigenvalue weighted by molar-refractivity contribution is 0.0925. The molecular weight excluding hydrogens is 431 g/mol. The summed E-state index contributed by atoms with van der Waals surface area (Å²) in [7, 11) is 1.41. The van der Waals surface area contributed by atoms with Gasteiger partial charge < -0.3 is 15.4 Å². The van der Waals surface area contributed by atoms with Gasteiger partial charge in [0, 0.05) is 17.6 Å². The van der Waals surface area contributed by atoms with Gasteiger partial charge >= 0.3 is 0 Å². The van der Waals surface area contributed by atoms with Gasteiger partial charge in [-0.1, -0.05) is 35.3 Å². The fraction of sp³-hybridized carbons (Fsp3) is 0.176. The molecule has 2 amide bonds. The van der Waals surface area contributed by atoms with Gasteiger partial charge in [-0.25, -0.2) is 0 Å². The molecule has 8 heteroatoms. The minimum absolute atomic E-state index is 0.161. The van der Waals surface area contributed by atoms with Crippen molar-refractivity contribution in [3.8, 4) is 5.75 Å². The molecule has 0 spiro atoms. The minimum Gasteiger partial charge on any atom is -0.494 e. The SMILES string of the molecule is COc1c(Cl)ccc(Cl)c1C(=O)NCCNC(=O)c1ccccc1Br. The van der Waals surface area contributed by atoms with Crippen molar-refractivity contribution in [3.05, 3.63) is 62.0 Å². The van der Waals surface area contributed by atoms with E-state index in [-0.39, 0.29) is 35.3 Å². The summed E-state index contributed by atoms with van der Waals surface area (Å²) in [6.07, 6.45) is 0. The molecule has 5 nitrogen and oxygen atoms in total. The summed E-state index contributed by atoms with van der Waals surface area (Å²) in [5, 5.41) is 5.93. The third kappa shape index (κ3) is 4.87. The predicted molar refractivity (Wildman–Crippen MR) is 102 cm³/mol. The number of methoxy groups -OCH3 is 1. The zero-order valence-electron chi connectivity index (χ0n) is 13.2. The van der Waals surface area contributed by atoms with Crippen LogP contribution in [0.2, 0.25) is 10.0 Å². The van der Waals surface area contributed by atoms with E-state index in [2.05, 4.69) is 26.6 Å². The van der Waals surface area contributed by atoms with Crippen LogP contribution in [0, 0.1) is 0 Å². The summed E-state index contributed by atoms with van der Waals surface area (Å²) >= 11 is 15.4. The number of hydrogen-bond acceptors (Lipinski definition) is 3. The van der Waals surface area contributed by atoms with Crippen LogP contribution in [0.15, 0.2) is 40.9 Å². The third-order valence-corrected chi connectivity index (χ3v) is 4.61. The summed E-state index contributed by atoms with van der Waals surface area (Å²) in [5.41, 5.74) is 0.683. The van der Waals surface area contributed by atoms with E-state index >= 15 is 0 Å². The first-order valence-electron chi connectivity index (χ1n) is 7.28. The third-order valence-electron chi connectivity index (χ3n) is 3.30. The van der Waals surface area contributed by atoms with E-state index in [1.54, 1.807) is 24.3 Å². The number of rotatable bonds is 6.